The molecule has 7 nitrogen and oxygen atoms in total. The van der Waals surface area contributed by atoms with Gasteiger partial charge in [0.05, 0.1) is 12.0 Å². The first-order chi connectivity index (χ1) is 16.5. The summed E-state index contributed by atoms with van der Waals surface area (Å²) in [6.45, 7) is 0.974. The first-order valence-electron chi connectivity index (χ1n) is 11.7. The standard InChI is InChI=1S/C26H28N2O5S/c29-23(28-12-13-34-22(15-28)24(30)31)14-26(10-5-11-26)27-25(32)33-16-21-19-8-3-1-6-17(19)18-7-2-4-9-20(18)21/h1-4,6-9,21-22H,5,10-16H2,(H,27,32)(H,30,31). The molecule has 0 radical (unpaired) electrons. The van der Waals surface area contributed by atoms with Crippen molar-refractivity contribution in [3.63, 3.8) is 0 Å². The van der Waals surface area contributed by atoms with E-state index in [1.807, 2.05) is 24.3 Å². The summed E-state index contributed by atoms with van der Waals surface area (Å²) in [6.07, 6.45) is 2.03. The molecule has 5 rings (SSSR count). The Bertz CT molecular complexity index is 1070. The lowest BCUT2D eigenvalue weighted by atomic mass is 9.74. The Morgan fingerprint density at radius 3 is 2.29 bits per heavy atom. The molecule has 1 heterocycles. The summed E-state index contributed by atoms with van der Waals surface area (Å²) in [5.41, 5.74) is 4.05. The predicted molar refractivity (Wildman–Crippen MR) is 130 cm³/mol. The fourth-order valence-electron chi connectivity index (χ4n) is 5.23. The molecule has 8 heteroatoms. The number of hydrogen-bond acceptors (Lipinski definition) is 5. The van der Waals surface area contributed by atoms with Gasteiger partial charge in [-0.05, 0) is 41.5 Å². The number of thioether (sulfide) groups is 1. The maximum Gasteiger partial charge on any atom is 0.407 e. The number of fused-ring (bicyclic) bond motifs is 3. The van der Waals surface area contributed by atoms with Gasteiger partial charge in [-0.3, -0.25) is 9.59 Å². The van der Waals surface area contributed by atoms with E-state index < -0.39 is 22.9 Å². The van der Waals surface area contributed by atoms with Gasteiger partial charge in [0, 0.05) is 24.8 Å². The molecule has 3 aliphatic rings. The third kappa shape index (κ3) is 4.39. The van der Waals surface area contributed by atoms with E-state index in [1.165, 1.54) is 22.9 Å². The second-order valence-electron chi connectivity index (χ2n) is 9.30. The van der Waals surface area contributed by atoms with Crippen LogP contribution < -0.4 is 5.32 Å². The van der Waals surface area contributed by atoms with Crippen molar-refractivity contribution in [3.8, 4) is 11.1 Å². The Morgan fingerprint density at radius 2 is 1.71 bits per heavy atom. The van der Waals surface area contributed by atoms with Gasteiger partial charge in [-0.25, -0.2) is 4.79 Å². The Morgan fingerprint density at radius 1 is 1.06 bits per heavy atom. The first kappa shape index (κ1) is 22.8. The number of carboxylic acids is 1. The van der Waals surface area contributed by atoms with Gasteiger partial charge in [0.1, 0.15) is 11.9 Å². The summed E-state index contributed by atoms with van der Waals surface area (Å²) >= 11 is 1.37. The van der Waals surface area contributed by atoms with Crippen molar-refractivity contribution in [2.24, 2.45) is 0 Å². The summed E-state index contributed by atoms with van der Waals surface area (Å²) in [5.74, 6) is -0.408. The number of carbonyl (C=O) groups is 3. The van der Waals surface area contributed by atoms with Crippen LogP contribution in [0.5, 0.6) is 0 Å². The molecule has 1 aliphatic heterocycles. The van der Waals surface area contributed by atoms with Gasteiger partial charge in [-0.1, -0.05) is 48.5 Å². The smallest absolute Gasteiger partial charge is 0.407 e. The molecule has 0 spiro atoms. The summed E-state index contributed by atoms with van der Waals surface area (Å²) in [6, 6.07) is 16.4. The molecule has 1 unspecified atom stereocenters. The zero-order chi connectivity index (χ0) is 23.7. The molecule has 1 atom stereocenters. The molecule has 2 aromatic rings. The van der Waals surface area contributed by atoms with Gasteiger partial charge in [0.2, 0.25) is 5.91 Å². The third-order valence-electron chi connectivity index (χ3n) is 7.21. The Kier molecular flexibility index (Phi) is 6.25. The molecule has 2 N–H and O–H groups in total. The minimum atomic E-state index is -0.891. The Hall–Kier alpha value is -3.00. The number of amides is 2. The van der Waals surface area contributed by atoms with Gasteiger partial charge < -0.3 is 20.1 Å². The Labute approximate surface area is 202 Å². The normalized spacial score (nSPS) is 20.6. The highest BCUT2D eigenvalue weighted by Crippen LogP contribution is 2.44. The van der Waals surface area contributed by atoms with Crippen molar-refractivity contribution < 1.29 is 24.2 Å². The lowest BCUT2D eigenvalue weighted by molar-refractivity contribution is -0.138. The lowest BCUT2D eigenvalue weighted by Gasteiger charge is -2.43. The monoisotopic (exact) mass is 480 g/mol. The zero-order valence-corrected chi connectivity index (χ0v) is 19.7. The van der Waals surface area contributed by atoms with Crippen molar-refractivity contribution in [1.82, 2.24) is 10.2 Å². The average molecular weight is 481 g/mol. The lowest BCUT2D eigenvalue weighted by Crippen LogP contribution is -2.57. The van der Waals surface area contributed by atoms with Crippen LogP contribution in [-0.2, 0) is 14.3 Å². The van der Waals surface area contributed by atoms with Gasteiger partial charge in [-0.15, -0.1) is 11.8 Å². The highest BCUT2D eigenvalue weighted by Gasteiger charge is 2.43. The Balaban J connectivity index is 1.20. The van der Waals surface area contributed by atoms with Crippen LogP contribution in [0.25, 0.3) is 11.1 Å². The molecule has 2 aromatic carbocycles. The van der Waals surface area contributed by atoms with Gasteiger partial charge >= 0.3 is 12.1 Å². The van der Waals surface area contributed by atoms with Gasteiger partial charge in [0.15, 0.2) is 0 Å². The fourth-order valence-corrected chi connectivity index (χ4v) is 6.27. The minimum absolute atomic E-state index is 0.0177. The summed E-state index contributed by atoms with van der Waals surface area (Å²) in [7, 11) is 0. The second-order valence-corrected chi connectivity index (χ2v) is 10.6. The van der Waals surface area contributed by atoms with E-state index in [2.05, 4.69) is 29.6 Å². The van der Waals surface area contributed by atoms with Crippen LogP contribution >= 0.6 is 11.8 Å². The van der Waals surface area contributed by atoms with Gasteiger partial charge in [-0.2, -0.15) is 0 Å². The molecule has 178 valence electrons. The topological polar surface area (TPSA) is 95.9 Å². The van der Waals surface area contributed by atoms with Gasteiger partial charge in [0.25, 0.3) is 0 Å². The first-order valence-corrected chi connectivity index (χ1v) is 12.8. The molecule has 2 fully saturated rings. The van der Waals surface area contributed by atoms with E-state index in [4.69, 9.17) is 4.74 Å². The van der Waals surface area contributed by atoms with E-state index in [9.17, 15) is 19.5 Å². The summed E-state index contributed by atoms with van der Waals surface area (Å²) < 4.78 is 5.69. The number of nitrogens with zero attached hydrogens (tertiary/aromatic N) is 1. The molecule has 1 saturated heterocycles. The number of ether oxygens (including phenoxy) is 1. The molecule has 0 aromatic heterocycles. The maximum absolute atomic E-state index is 12.9. The van der Waals surface area contributed by atoms with Crippen molar-refractivity contribution >= 4 is 29.7 Å². The quantitative estimate of drug-likeness (QED) is 0.652. The summed E-state index contributed by atoms with van der Waals surface area (Å²) in [5, 5.41) is 11.7. The van der Waals surface area contributed by atoms with Crippen molar-refractivity contribution in [1.29, 1.82) is 0 Å². The predicted octanol–water partition coefficient (Wildman–Crippen LogP) is 3.87. The molecule has 34 heavy (non-hydrogen) atoms. The third-order valence-corrected chi connectivity index (χ3v) is 8.38. The number of hydrogen-bond donors (Lipinski definition) is 2. The highest BCUT2D eigenvalue weighted by atomic mass is 32.2. The number of rotatable bonds is 6. The molecule has 2 aliphatic carbocycles. The number of alkyl carbamates (subject to hydrolysis) is 1. The van der Waals surface area contributed by atoms with Crippen molar-refractivity contribution in [3.05, 3.63) is 59.7 Å². The van der Waals surface area contributed by atoms with Crippen LogP contribution in [-0.4, -0.2) is 64.2 Å². The SMILES string of the molecule is O=C(NC1(CC(=O)N2CCSC(C(=O)O)C2)CCC1)OCC1c2ccccc2-c2ccccc21. The largest absolute Gasteiger partial charge is 0.480 e. The van der Waals surface area contributed by atoms with Crippen molar-refractivity contribution in [2.45, 2.75) is 42.4 Å². The maximum atomic E-state index is 12.9. The van der Waals surface area contributed by atoms with Crippen LogP contribution in [0.15, 0.2) is 48.5 Å². The van der Waals surface area contributed by atoms with Crippen molar-refractivity contribution in [2.75, 3.05) is 25.4 Å². The second kappa shape index (κ2) is 9.33. The minimum Gasteiger partial charge on any atom is -0.480 e. The van der Waals surface area contributed by atoms with Crippen LogP contribution in [0, 0.1) is 0 Å². The fraction of sp³-hybridized carbons (Fsp3) is 0.423. The number of benzene rings is 2. The van der Waals surface area contributed by atoms with E-state index in [0.29, 0.717) is 25.1 Å². The average Bonchev–Trinajstić information content (AvgIpc) is 3.15. The van der Waals surface area contributed by atoms with E-state index in [1.54, 1.807) is 4.90 Å². The number of carbonyl (C=O) groups excluding carboxylic acids is 2. The zero-order valence-electron chi connectivity index (χ0n) is 18.9. The summed E-state index contributed by atoms with van der Waals surface area (Å²) in [4.78, 5) is 38.7. The molecule has 2 amide bonds. The van der Waals surface area contributed by atoms with E-state index in [0.717, 1.165) is 17.5 Å². The molecule has 0 bridgehead atoms. The number of nitrogens with one attached hydrogen (secondary N) is 1. The van der Waals surface area contributed by atoms with E-state index in [-0.39, 0.29) is 31.4 Å². The van der Waals surface area contributed by atoms with Crippen LogP contribution in [0.4, 0.5) is 4.79 Å². The van der Waals surface area contributed by atoms with Crippen LogP contribution in [0.2, 0.25) is 0 Å². The molecular weight excluding hydrogens is 452 g/mol. The number of carboxylic acid groups (broad SMARTS) is 1. The van der Waals surface area contributed by atoms with Crippen LogP contribution in [0.1, 0.15) is 42.7 Å². The van der Waals surface area contributed by atoms with E-state index >= 15 is 0 Å². The highest BCUT2D eigenvalue weighted by molar-refractivity contribution is 8.00. The molecular formula is C26H28N2O5S. The number of aliphatic carboxylic acids is 1. The van der Waals surface area contributed by atoms with Crippen LogP contribution in [0.3, 0.4) is 0 Å². The molecule has 1 saturated carbocycles.